The van der Waals surface area contributed by atoms with Crippen molar-refractivity contribution in [1.29, 1.82) is 0 Å². The summed E-state index contributed by atoms with van der Waals surface area (Å²) in [6.45, 7) is 1.92. The van der Waals surface area contributed by atoms with Gasteiger partial charge in [-0.05, 0) is 41.0 Å². The van der Waals surface area contributed by atoms with Gasteiger partial charge >= 0.3 is 0 Å². The van der Waals surface area contributed by atoms with Crippen LogP contribution in [0.2, 0.25) is 0 Å². The van der Waals surface area contributed by atoms with Crippen LogP contribution >= 0.6 is 11.8 Å². The Morgan fingerprint density at radius 1 is 1.03 bits per heavy atom. The van der Waals surface area contributed by atoms with Crippen LogP contribution in [0.1, 0.15) is 22.7 Å². The highest BCUT2D eigenvalue weighted by atomic mass is 32.2. The van der Waals surface area contributed by atoms with Crippen molar-refractivity contribution < 1.29 is 9.53 Å². The zero-order valence-corrected chi connectivity index (χ0v) is 18.9. The van der Waals surface area contributed by atoms with Crippen molar-refractivity contribution in [1.82, 2.24) is 10.3 Å². The molecule has 1 aliphatic rings. The van der Waals surface area contributed by atoms with E-state index in [1.807, 2.05) is 24.3 Å². The molecule has 0 bridgehead atoms. The molecule has 0 aromatic heterocycles. The number of carbonyl (C=O) groups is 1. The number of hydrazone groups is 1. The lowest BCUT2D eigenvalue weighted by molar-refractivity contribution is -0.118. The highest BCUT2D eigenvalue weighted by Crippen LogP contribution is 2.35. The summed E-state index contributed by atoms with van der Waals surface area (Å²) in [4.78, 5) is 14.6. The van der Waals surface area contributed by atoms with Crippen molar-refractivity contribution in [2.45, 2.75) is 11.3 Å². The molecule has 32 heavy (non-hydrogen) atoms. The van der Waals surface area contributed by atoms with Gasteiger partial charge in [0.05, 0.1) is 25.1 Å². The number of amides is 1. The molecule has 0 saturated carbocycles. The van der Waals surface area contributed by atoms with Gasteiger partial charge in [0.2, 0.25) is 5.91 Å². The molecule has 1 heterocycles. The molecule has 1 N–H and O–H groups in total. The predicted octanol–water partition coefficient (Wildman–Crippen LogP) is 4.35. The first-order chi connectivity index (χ1) is 15.7. The quantitative estimate of drug-likeness (QED) is 0.393. The molecule has 164 valence electrons. The van der Waals surface area contributed by atoms with E-state index in [0.717, 1.165) is 24.4 Å². The summed E-state index contributed by atoms with van der Waals surface area (Å²) < 4.78 is 5.13. The maximum absolute atomic E-state index is 12.2. The van der Waals surface area contributed by atoms with Gasteiger partial charge in [-0.2, -0.15) is 5.10 Å². The fourth-order valence-electron chi connectivity index (χ4n) is 3.77. The van der Waals surface area contributed by atoms with Crippen LogP contribution in [-0.2, 0) is 4.79 Å². The van der Waals surface area contributed by atoms with E-state index in [1.54, 1.807) is 25.1 Å². The lowest BCUT2D eigenvalue weighted by Gasteiger charge is -2.44. The van der Waals surface area contributed by atoms with E-state index in [-0.39, 0.29) is 11.9 Å². The van der Waals surface area contributed by atoms with E-state index < -0.39 is 0 Å². The number of ether oxygens (including phenoxy) is 1. The average molecular weight is 446 g/mol. The van der Waals surface area contributed by atoms with Gasteiger partial charge in [0, 0.05) is 18.3 Å². The molecule has 0 atom stereocenters. The van der Waals surface area contributed by atoms with Gasteiger partial charge in [0.25, 0.3) is 0 Å². The fourth-order valence-corrected chi connectivity index (χ4v) is 4.81. The van der Waals surface area contributed by atoms with Crippen LogP contribution in [-0.4, -0.2) is 48.2 Å². The Hall–Kier alpha value is -3.09. The molecule has 6 heteroatoms. The zero-order chi connectivity index (χ0) is 22.2. The number of likely N-dealkylation sites (tertiary alicyclic amines) is 1. The molecule has 0 unspecified atom stereocenters. The summed E-state index contributed by atoms with van der Waals surface area (Å²) in [6, 6.07) is 29.0. The summed E-state index contributed by atoms with van der Waals surface area (Å²) in [7, 11) is 1.63. The third-order valence-corrected chi connectivity index (χ3v) is 6.64. The molecule has 3 aromatic carbocycles. The largest absolute Gasteiger partial charge is 0.497 e. The molecule has 5 nitrogen and oxygen atoms in total. The van der Waals surface area contributed by atoms with E-state index in [9.17, 15) is 4.79 Å². The number of nitrogens with one attached hydrogen (secondary N) is 1. The fraction of sp³-hybridized carbons (Fsp3) is 0.231. The molecule has 1 aliphatic heterocycles. The molecular weight excluding hydrogens is 418 g/mol. The maximum Gasteiger partial charge on any atom is 0.250 e. The Kier molecular flexibility index (Phi) is 7.59. The SMILES string of the molecule is COc1ccc(/C=N\NC(=O)CSC2CN(C(c3ccccc3)c3ccccc3)C2)cc1. The Balaban J connectivity index is 1.25. The summed E-state index contributed by atoms with van der Waals surface area (Å²) in [6.07, 6.45) is 1.64. The van der Waals surface area contributed by atoms with E-state index in [1.165, 1.54) is 11.1 Å². The average Bonchev–Trinajstić information content (AvgIpc) is 2.82. The first-order valence-electron chi connectivity index (χ1n) is 10.6. The number of rotatable bonds is 9. The van der Waals surface area contributed by atoms with Gasteiger partial charge in [-0.3, -0.25) is 9.69 Å². The summed E-state index contributed by atoms with van der Waals surface area (Å²) >= 11 is 1.69. The molecule has 1 fully saturated rings. The number of thioether (sulfide) groups is 1. The Morgan fingerprint density at radius 3 is 2.19 bits per heavy atom. The molecule has 4 rings (SSSR count). The van der Waals surface area contributed by atoms with Gasteiger partial charge < -0.3 is 4.74 Å². The normalized spacial score (nSPS) is 14.4. The number of methoxy groups -OCH3 is 1. The lowest BCUT2D eigenvalue weighted by atomic mass is 9.94. The minimum Gasteiger partial charge on any atom is -0.497 e. The molecule has 0 radical (unpaired) electrons. The van der Waals surface area contributed by atoms with Gasteiger partial charge in [-0.25, -0.2) is 5.43 Å². The maximum atomic E-state index is 12.2. The van der Waals surface area contributed by atoms with Crippen LogP contribution < -0.4 is 10.2 Å². The van der Waals surface area contributed by atoms with E-state index in [0.29, 0.717) is 11.0 Å². The monoisotopic (exact) mass is 445 g/mol. The third kappa shape index (κ3) is 5.78. The van der Waals surface area contributed by atoms with Crippen molar-refractivity contribution in [2.75, 3.05) is 26.0 Å². The first kappa shape index (κ1) is 22.1. The Bertz CT molecular complexity index is 980. The Labute approximate surface area is 193 Å². The second-order valence-corrected chi connectivity index (χ2v) is 8.97. The van der Waals surface area contributed by atoms with Crippen molar-refractivity contribution in [3.05, 3.63) is 102 Å². The first-order valence-corrected chi connectivity index (χ1v) is 11.7. The van der Waals surface area contributed by atoms with Crippen molar-refractivity contribution in [2.24, 2.45) is 5.10 Å². The predicted molar refractivity (Wildman–Crippen MR) is 131 cm³/mol. The molecular formula is C26H27N3O2S. The second kappa shape index (κ2) is 11.0. The van der Waals surface area contributed by atoms with Crippen LogP contribution in [0.25, 0.3) is 0 Å². The van der Waals surface area contributed by atoms with Gasteiger partial charge in [0.1, 0.15) is 5.75 Å². The summed E-state index contributed by atoms with van der Waals surface area (Å²) in [5.41, 5.74) is 6.12. The molecule has 1 saturated heterocycles. The van der Waals surface area contributed by atoms with Crippen LogP contribution in [0.5, 0.6) is 5.75 Å². The second-order valence-electron chi connectivity index (χ2n) is 7.68. The van der Waals surface area contributed by atoms with E-state index >= 15 is 0 Å². The number of carbonyl (C=O) groups excluding carboxylic acids is 1. The standard InChI is InChI=1S/C26H27N3O2S/c1-31-23-14-12-20(13-15-23)16-27-28-25(30)19-32-24-17-29(18-24)26(21-8-4-2-5-9-21)22-10-6-3-7-11-22/h2-16,24,26H,17-19H2,1H3,(H,28,30)/b27-16-. The number of nitrogens with zero attached hydrogens (tertiary/aromatic N) is 2. The van der Waals surface area contributed by atoms with Gasteiger partial charge in [-0.15, -0.1) is 11.8 Å². The van der Waals surface area contributed by atoms with Crippen LogP contribution in [0, 0.1) is 0 Å². The van der Waals surface area contributed by atoms with Gasteiger partial charge in [0.15, 0.2) is 0 Å². The van der Waals surface area contributed by atoms with Crippen LogP contribution in [0.3, 0.4) is 0 Å². The molecule has 0 spiro atoms. The molecule has 3 aromatic rings. The highest BCUT2D eigenvalue weighted by molar-refractivity contribution is 8.00. The number of benzene rings is 3. The summed E-state index contributed by atoms with van der Waals surface area (Å²) in [5.74, 6) is 1.11. The van der Waals surface area contributed by atoms with Crippen LogP contribution in [0.4, 0.5) is 0 Å². The number of hydrogen-bond donors (Lipinski definition) is 1. The topological polar surface area (TPSA) is 53.9 Å². The van der Waals surface area contributed by atoms with Crippen molar-refractivity contribution >= 4 is 23.9 Å². The van der Waals surface area contributed by atoms with Gasteiger partial charge in [-0.1, -0.05) is 60.7 Å². The minimum atomic E-state index is -0.0825. The summed E-state index contributed by atoms with van der Waals surface area (Å²) in [5, 5.41) is 4.50. The van der Waals surface area contributed by atoms with Crippen LogP contribution in [0.15, 0.2) is 90.0 Å². The zero-order valence-electron chi connectivity index (χ0n) is 18.1. The number of hydrogen-bond acceptors (Lipinski definition) is 5. The Morgan fingerprint density at radius 2 is 1.62 bits per heavy atom. The van der Waals surface area contributed by atoms with E-state index in [4.69, 9.17) is 4.74 Å². The lowest BCUT2D eigenvalue weighted by Crippen LogP contribution is -2.51. The molecule has 1 amide bonds. The smallest absolute Gasteiger partial charge is 0.250 e. The minimum absolute atomic E-state index is 0.0825. The van der Waals surface area contributed by atoms with Crippen molar-refractivity contribution in [3.63, 3.8) is 0 Å². The van der Waals surface area contributed by atoms with E-state index in [2.05, 4.69) is 76.1 Å². The van der Waals surface area contributed by atoms with Crippen molar-refractivity contribution in [3.8, 4) is 5.75 Å². The molecule has 0 aliphatic carbocycles. The highest BCUT2D eigenvalue weighted by Gasteiger charge is 2.34. The third-order valence-electron chi connectivity index (χ3n) is 5.44.